The number of nitrogens with zero attached hydrogens (tertiary/aromatic N) is 1. The number of rotatable bonds is 8. The van der Waals surface area contributed by atoms with Crippen molar-refractivity contribution in [1.82, 2.24) is 4.90 Å². The number of sulfone groups is 1. The van der Waals surface area contributed by atoms with Crippen molar-refractivity contribution in [2.45, 2.75) is 39.0 Å². The number of aliphatic hydroxyl groups is 1. The fourth-order valence-electron chi connectivity index (χ4n) is 3.76. The minimum absolute atomic E-state index is 0.0822. The zero-order valence-corrected chi connectivity index (χ0v) is 17.7. The van der Waals surface area contributed by atoms with Gasteiger partial charge in [0, 0.05) is 19.1 Å². The first kappa shape index (κ1) is 21.7. The Kier molecular flexibility index (Phi) is 6.93. The average molecular weight is 422 g/mol. The zero-order chi connectivity index (χ0) is 21.0. The first-order valence-electron chi connectivity index (χ1n) is 9.78. The van der Waals surface area contributed by atoms with Gasteiger partial charge in [0.25, 0.3) is 0 Å². The maximum Gasteiger partial charge on any atom is 0.151 e. The topological polar surface area (TPSA) is 66.8 Å². The van der Waals surface area contributed by atoms with Crippen LogP contribution in [0.2, 0.25) is 0 Å². The van der Waals surface area contributed by atoms with Gasteiger partial charge in [-0.2, -0.15) is 0 Å². The number of halogens is 1. The summed E-state index contributed by atoms with van der Waals surface area (Å²) in [6.07, 6.45) is -0.242. The van der Waals surface area contributed by atoms with Gasteiger partial charge in [0.15, 0.2) is 9.84 Å². The molecular formula is C22H28FNO4S. The summed E-state index contributed by atoms with van der Waals surface area (Å²) in [5, 5.41) is 10.6. The van der Waals surface area contributed by atoms with Crippen LogP contribution in [0.3, 0.4) is 0 Å². The minimum atomic E-state index is -3.05. The van der Waals surface area contributed by atoms with E-state index in [9.17, 15) is 17.9 Å². The highest BCUT2D eigenvalue weighted by Gasteiger charge is 2.33. The first-order chi connectivity index (χ1) is 13.7. The Labute approximate surface area is 172 Å². The molecule has 0 spiro atoms. The van der Waals surface area contributed by atoms with Crippen molar-refractivity contribution >= 4 is 9.84 Å². The third-order valence-electron chi connectivity index (χ3n) is 5.11. The van der Waals surface area contributed by atoms with Gasteiger partial charge in [-0.25, -0.2) is 12.8 Å². The molecule has 1 heterocycles. The standard InChI is InChI=1S/C22H28FNO4S/c1-16-9-17(2)11-22(10-16)28-14-21(25)13-24(20-7-8-29(26,27)15-20)12-18-3-5-19(23)6-4-18/h3-6,9-11,20-21,25H,7-8,12-15H2,1-2H3. The van der Waals surface area contributed by atoms with Crippen LogP contribution in [-0.2, 0) is 16.4 Å². The lowest BCUT2D eigenvalue weighted by Gasteiger charge is -2.30. The molecule has 29 heavy (non-hydrogen) atoms. The van der Waals surface area contributed by atoms with Crippen LogP contribution in [-0.4, -0.2) is 55.2 Å². The summed E-state index contributed by atoms with van der Waals surface area (Å²) < 4.78 is 42.8. The van der Waals surface area contributed by atoms with Gasteiger partial charge in [-0.15, -0.1) is 0 Å². The quantitative estimate of drug-likeness (QED) is 0.710. The van der Waals surface area contributed by atoms with Crippen LogP contribution in [0.25, 0.3) is 0 Å². The van der Waals surface area contributed by atoms with Gasteiger partial charge < -0.3 is 9.84 Å². The molecule has 1 saturated heterocycles. The molecule has 1 aliphatic rings. The molecule has 2 aromatic carbocycles. The molecule has 0 aromatic heterocycles. The van der Waals surface area contributed by atoms with Gasteiger partial charge in [-0.05, 0) is 61.2 Å². The second-order valence-electron chi connectivity index (χ2n) is 7.90. The monoisotopic (exact) mass is 421 g/mol. The van der Waals surface area contributed by atoms with E-state index in [1.807, 2.05) is 36.9 Å². The highest BCUT2D eigenvalue weighted by molar-refractivity contribution is 7.91. The lowest BCUT2D eigenvalue weighted by Crippen LogP contribution is -2.42. The van der Waals surface area contributed by atoms with Crippen molar-refractivity contribution in [1.29, 1.82) is 0 Å². The van der Waals surface area contributed by atoms with Crippen LogP contribution in [0.1, 0.15) is 23.1 Å². The maximum atomic E-state index is 13.2. The maximum absolute atomic E-state index is 13.2. The Balaban J connectivity index is 1.65. The Hall–Kier alpha value is -1.96. The summed E-state index contributed by atoms with van der Waals surface area (Å²) in [6, 6.07) is 11.9. The number of ether oxygens (including phenoxy) is 1. The molecule has 3 rings (SSSR count). The van der Waals surface area contributed by atoms with Crippen LogP contribution >= 0.6 is 0 Å². The molecule has 0 bridgehead atoms. The van der Waals surface area contributed by atoms with E-state index in [0.29, 0.717) is 18.7 Å². The average Bonchev–Trinajstić information content (AvgIpc) is 3.00. The van der Waals surface area contributed by atoms with Crippen molar-refractivity contribution in [2.75, 3.05) is 24.7 Å². The molecule has 5 nitrogen and oxygen atoms in total. The van der Waals surface area contributed by atoms with Gasteiger partial charge in [-0.3, -0.25) is 4.90 Å². The SMILES string of the molecule is Cc1cc(C)cc(OCC(O)CN(Cc2ccc(F)cc2)C2CCS(=O)(=O)C2)c1. The van der Waals surface area contributed by atoms with E-state index in [-0.39, 0.29) is 36.5 Å². The molecule has 0 amide bonds. The molecular weight excluding hydrogens is 393 g/mol. The summed E-state index contributed by atoms with van der Waals surface area (Å²) in [6.45, 7) is 4.81. The lowest BCUT2D eigenvalue weighted by atomic mass is 10.1. The number of hydrogen-bond acceptors (Lipinski definition) is 5. The molecule has 2 atom stereocenters. The van der Waals surface area contributed by atoms with Gasteiger partial charge in [0.1, 0.15) is 24.3 Å². The van der Waals surface area contributed by atoms with Gasteiger partial charge in [0.2, 0.25) is 0 Å². The van der Waals surface area contributed by atoms with Crippen molar-refractivity contribution < 1.29 is 22.7 Å². The predicted molar refractivity (Wildman–Crippen MR) is 111 cm³/mol. The Morgan fingerprint density at radius 2 is 1.83 bits per heavy atom. The minimum Gasteiger partial charge on any atom is -0.491 e. The second kappa shape index (κ2) is 9.24. The van der Waals surface area contributed by atoms with Crippen LogP contribution < -0.4 is 4.74 Å². The van der Waals surface area contributed by atoms with E-state index in [4.69, 9.17) is 4.74 Å². The molecule has 0 aliphatic carbocycles. The molecule has 0 radical (unpaired) electrons. The normalized spacial score (nSPS) is 19.4. The molecule has 1 fully saturated rings. The van der Waals surface area contributed by atoms with E-state index in [1.165, 1.54) is 12.1 Å². The molecule has 2 aromatic rings. The first-order valence-corrected chi connectivity index (χ1v) is 11.6. The molecule has 158 valence electrons. The van der Waals surface area contributed by atoms with Crippen molar-refractivity contribution in [3.8, 4) is 5.75 Å². The lowest BCUT2D eigenvalue weighted by molar-refractivity contribution is 0.0524. The van der Waals surface area contributed by atoms with E-state index in [2.05, 4.69) is 0 Å². The van der Waals surface area contributed by atoms with E-state index in [1.54, 1.807) is 12.1 Å². The van der Waals surface area contributed by atoms with Crippen molar-refractivity contribution in [2.24, 2.45) is 0 Å². The Bertz CT molecular complexity index is 910. The van der Waals surface area contributed by atoms with Crippen molar-refractivity contribution in [3.05, 3.63) is 65.0 Å². The van der Waals surface area contributed by atoms with Gasteiger partial charge in [0.05, 0.1) is 11.5 Å². The van der Waals surface area contributed by atoms with E-state index < -0.39 is 15.9 Å². The van der Waals surface area contributed by atoms with E-state index in [0.717, 1.165) is 16.7 Å². The fourth-order valence-corrected chi connectivity index (χ4v) is 5.52. The summed E-state index contributed by atoms with van der Waals surface area (Å²) in [7, 11) is -3.05. The van der Waals surface area contributed by atoms with Crippen LogP contribution in [0.5, 0.6) is 5.75 Å². The molecule has 1 N–H and O–H groups in total. The van der Waals surface area contributed by atoms with E-state index >= 15 is 0 Å². The number of hydrogen-bond donors (Lipinski definition) is 1. The number of benzene rings is 2. The zero-order valence-electron chi connectivity index (χ0n) is 16.8. The second-order valence-corrected chi connectivity index (χ2v) is 10.1. The summed E-state index contributed by atoms with van der Waals surface area (Å²) in [5.74, 6) is 0.631. The van der Waals surface area contributed by atoms with Crippen molar-refractivity contribution in [3.63, 3.8) is 0 Å². The van der Waals surface area contributed by atoms with Gasteiger partial charge >= 0.3 is 0 Å². The molecule has 7 heteroatoms. The predicted octanol–water partition coefficient (Wildman–Crippen LogP) is 2.87. The Morgan fingerprint density at radius 1 is 1.17 bits per heavy atom. The largest absolute Gasteiger partial charge is 0.491 e. The summed E-state index contributed by atoms with van der Waals surface area (Å²) in [5.41, 5.74) is 3.05. The third-order valence-corrected chi connectivity index (χ3v) is 6.86. The Morgan fingerprint density at radius 3 is 2.41 bits per heavy atom. The molecule has 2 unspecified atom stereocenters. The summed E-state index contributed by atoms with van der Waals surface area (Å²) in [4.78, 5) is 1.97. The number of aliphatic hydroxyl groups excluding tert-OH is 1. The van der Waals surface area contributed by atoms with Crippen LogP contribution in [0.4, 0.5) is 4.39 Å². The number of aryl methyl sites for hydroxylation is 2. The highest BCUT2D eigenvalue weighted by Crippen LogP contribution is 2.21. The summed E-state index contributed by atoms with van der Waals surface area (Å²) >= 11 is 0. The molecule has 0 saturated carbocycles. The van der Waals surface area contributed by atoms with Gasteiger partial charge in [-0.1, -0.05) is 18.2 Å². The van der Waals surface area contributed by atoms with Crippen LogP contribution in [0.15, 0.2) is 42.5 Å². The molecule has 1 aliphatic heterocycles. The fraction of sp³-hybridized carbons (Fsp3) is 0.455. The smallest absolute Gasteiger partial charge is 0.151 e. The van der Waals surface area contributed by atoms with Crippen LogP contribution in [0, 0.1) is 19.7 Å². The highest BCUT2D eigenvalue weighted by atomic mass is 32.2. The third kappa shape index (κ3) is 6.52.